The van der Waals surface area contributed by atoms with Crippen LogP contribution in [0.25, 0.3) is 0 Å². The van der Waals surface area contributed by atoms with E-state index in [1.807, 2.05) is 31.0 Å². The number of hydrogen-bond donors (Lipinski definition) is 0. The molecule has 0 aromatic carbocycles. The first-order chi connectivity index (χ1) is 10.1. The minimum absolute atomic E-state index is 0.0770. The Morgan fingerprint density at radius 3 is 2.76 bits per heavy atom. The van der Waals surface area contributed by atoms with Crippen LogP contribution in [-0.4, -0.2) is 31.3 Å². The van der Waals surface area contributed by atoms with Crippen LogP contribution in [0.2, 0.25) is 5.15 Å². The summed E-state index contributed by atoms with van der Waals surface area (Å²) < 4.78 is 1.65. The molecule has 21 heavy (non-hydrogen) atoms. The molecule has 1 aliphatic heterocycles. The lowest BCUT2D eigenvalue weighted by Crippen LogP contribution is -2.28. The molecule has 3 heterocycles. The highest BCUT2D eigenvalue weighted by Crippen LogP contribution is 2.43. The molecule has 110 valence electrons. The lowest BCUT2D eigenvalue weighted by Gasteiger charge is -2.24. The number of halogens is 1. The molecule has 0 radical (unpaired) electrons. The first-order valence-electron chi connectivity index (χ1n) is 6.57. The number of hydrogen-bond acceptors (Lipinski definition) is 4. The van der Waals surface area contributed by atoms with Gasteiger partial charge >= 0.3 is 0 Å². The van der Waals surface area contributed by atoms with E-state index in [0.717, 1.165) is 16.8 Å². The molecule has 5 nitrogen and oxygen atoms in total. The largest absolute Gasteiger partial charge is 0.321 e. The number of aromatic nitrogens is 3. The second kappa shape index (κ2) is 5.69. The van der Waals surface area contributed by atoms with E-state index in [-0.39, 0.29) is 11.3 Å². The number of amides is 1. The second-order valence-electron chi connectivity index (χ2n) is 4.95. The molecule has 1 atom stereocenters. The lowest BCUT2D eigenvalue weighted by atomic mass is 10.2. The minimum Gasteiger partial charge on any atom is -0.321 e. The average molecular weight is 323 g/mol. The van der Waals surface area contributed by atoms with Crippen LogP contribution in [0.4, 0.5) is 0 Å². The monoisotopic (exact) mass is 322 g/mol. The normalized spacial score (nSPS) is 18.5. The molecule has 0 aliphatic carbocycles. The number of pyridine rings is 1. The molecular weight excluding hydrogens is 308 g/mol. The van der Waals surface area contributed by atoms with Crippen LogP contribution in [0.15, 0.2) is 24.5 Å². The van der Waals surface area contributed by atoms with Gasteiger partial charge in [-0.3, -0.25) is 14.5 Å². The summed E-state index contributed by atoms with van der Waals surface area (Å²) in [5.41, 5.74) is 2.86. The maximum atomic E-state index is 12.2. The van der Waals surface area contributed by atoms with Gasteiger partial charge in [-0.2, -0.15) is 5.10 Å². The maximum Gasteiger partial charge on any atom is 0.234 e. The van der Waals surface area contributed by atoms with E-state index in [4.69, 9.17) is 11.6 Å². The zero-order valence-corrected chi connectivity index (χ0v) is 13.4. The van der Waals surface area contributed by atoms with E-state index in [0.29, 0.717) is 17.5 Å². The van der Waals surface area contributed by atoms with Crippen molar-refractivity contribution in [2.45, 2.75) is 18.8 Å². The molecule has 3 rings (SSSR count). The van der Waals surface area contributed by atoms with Gasteiger partial charge in [0.2, 0.25) is 5.91 Å². The summed E-state index contributed by atoms with van der Waals surface area (Å²) in [7, 11) is 1.81. The fourth-order valence-electron chi connectivity index (χ4n) is 2.48. The first-order valence-corrected chi connectivity index (χ1v) is 7.99. The Balaban J connectivity index is 1.92. The third-order valence-corrected chi connectivity index (χ3v) is 5.18. The summed E-state index contributed by atoms with van der Waals surface area (Å²) in [6, 6.07) is 3.84. The van der Waals surface area contributed by atoms with Gasteiger partial charge in [-0.1, -0.05) is 11.6 Å². The molecule has 0 saturated carbocycles. The van der Waals surface area contributed by atoms with Crippen LogP contribution in [-0.2, 0) is 18.4 Å². The van der Waals surface area contributed by atoms with Crippen LogP contribution < -0.4 is 0 Å². The molecule has 1 saturated heterocycles. The Hall–Kier alpha value is -1.53. The summed E-state index contributed by atoms with van der Waals surface area (Å²) in [5.74, 6) is 0.599. The maximum absolute atomic E-state index is 12.2. The van der Waals surface area contributed by atoms with E-state index < -0.39 is 0 Å². The van der Waals surface area contributed by atoms with Crippen LogP contribution >= 0.6 is 23.4 Å². The predicted octanol–water partition coefficient (Wildman–Crippen LogP) is 2.55. The standard InChI is InChI=1S/C14H15ClN4OS/c1-9-12(13(15)18(2)17-9)14-19(11(20)8-21-14)7-10-3-5-16-6-4-10/h3-6,14H,7-8H2,1-2H3. The Morgan fingerprint density at radius 2 is 2.14 bits per heavy atom. The van der Waals surface area contributed by atoms with Crippen molar-refractivity contribution in [2.24, 2.45) is 7.05 Å². The number of nitrogens with zero attached hydrogens (tertiary/aromatic N) is 4. The van der Waals surface area contributed by atoms with Crippen molar-refractivity contribution < 1.29 is 4.79 Å². The first kappa shape index (κ1) is 14.4. The predicted molar refractivity (Wildman–Crippen MR) is 82.9 cm³/mol. The van der Waals surface area contributed by atoms with Gasteiger partial charge in [0.15, 0.2) is 0 Å². The average Bonchev–Trinajstić information content (AvgIpc) is 2.93. The number of carbonyl (C=O) groups is 1. The highest BCUT2D eigenvalue weighted by Gasteiger charge is 2.36. The summed E-state index contributed by atoms with van der Waals surface area (Å²) in [6.07, 6.45) is 3.47. The minimum atomic E-state index is -0.0770. The smallest absolute Gasteiger partial charge is 0.234 e. The van der Waals surface area contributed by atoms with E-state index in [9.17, 15) is 4.79 Å². The molecule has 0 N–H and O–H groups in total. The molecular formula is C14H15ClN4OS. The van der Waals surface area contributed by atoms with Crippen LogP contribution in [0.1, 0.15) is 22.2 Å². The van der Waals surface area contributed by atoms with Gasteiger partial charge in [0.05, 0.1) is 11.4 Å². The highest BCUT2D eigenvalue weighted by molar-refractivity contribution is 8.00. The van der Waals surface area contributed by atoms with E-state index in [1.54, 1.807) is 28.8 Å². The molecule has 1 aliphatic rings. The third kappa shape index (κ3) is 2.65. The molecule has 0 bridgehead atoms. The van der Waals surface area contributed by atoms with Gasteiger partial charge < -0.3 is 4.90 Å². The number of aryl methyl sites for hydroxylation is 2. The van der Waals surface area contributed by atoms with Crippen molar-refractivity contribution >= 4 is 29.3 Å². The number of thioether (sulfide) groups is 1. The molecule has 1 amide bonds. The van der Waals surface area contributed by atoms with Crippen molar-refractivity contribution in [3.63, 3.8) is 0 Å². The van der Waals surface area contributed by atoms with Gasteiger partial charge in [-0.05, 0) is 24.6 Å². The van der Waals surface area contributed by atoms with Crippen molar-refractivity contribution in [2.75, 3.05) is 5.75 Å². The van der Waals surface area contributed by atoms with Gasteiger partial charge in [0, 0.05) is 31.5 Å². The van der Waals surface area contributed by atoms with Gasteiger partial charge in [-0.25, -0.2) is 0 Å². The zero-order valence-electron chi connectivity index (χ0n) is 11.8. The quantitative estimate of drug-likeness (QED) is 0.871. The van der Waals surface area contributed by atoms with Crippen LogP contribution in [0, 0.1) is 6.92 Å². The van der Waals surface area contributed by atoms with Gasteiger partial charge in [-0.15, -0.1) is 11.8 Å². The fraction of sp³-hybridized carbons (Fsp3) is 0.357. The summed E-state index contributed by atoms with van der Waals surface area (Å²) in [4.78, 5) is 18.1. The fourth-order valence-corrected chi connectivity index (χ4v) is 4.11. The molecule has 2 aromatic heterocycles. The summed E-state index contributed by atoms with van der Waals surface area (Å²) >= 11 is 7.94. The second-order valence-corrected chi connectivity index (χ2v) is 6.38. The van der Waals surface area contributed by atoms with E-state index in [1.165, 1.54) is 0 Å². The highest BCUT2D eigenvalue weighted by atomic mass is 35.5. The van der Waals surface area contributed by atoms with Crippen LogP contribution in [0.5, 0.6) is 0 Å². The number of carbonyl (C=O) groups excluding carboxylic acids is 1. The molecule has 0 spiro atoms. The van der Waals surface area contributed by atoms with E-state index in [2.05, 4.69) is 10.1 Å². The molecule has 1 unspecified atom stereocenters. The molecule has 2 aromatic rings. The topological polar surface area (TPSA) is 51.0 Å². The van der Waals surface area contributed by atoms with Crippen molar-refractivity contribution in [1.29, 1.82) is 0 Å². The summed E-state index contributed by atoms with van der Waals surface area (Å²) in [6.45, 7) is 2.48. The van der Waals surface area contributed by atoms with Crippen molar-refractivity contribution in [1.82, 2.24) is 19.7 Å². The Labute approximate surface area is 132 Å². The van der Waals surface area contributed by atoms with Gasteiger partial charge in [0.25, 0.3) is 0 Å². The molecule has 7 heteroatoms. The van der Waals surface area contributed by atoms with Crippen molar-refractivity contribution in [3.8, 4) is 0 Å². The Bertz CT molecular complexity index is 673. The lowest BCUT2D eigenvalue weighted by molar-refractivity contribution is -0.128. The Kier molecular flexibility index (Phi) is 3.91. The third-order valence-electron chi connectivity index (χ3n) is 3.51. The van der Waals surface area contributed by atoms with Crippen LogP contribution in [0.3, 0.4) is 0 Å². The Morgan fingerprint density at radius 1 is 1.43 bits per heavy atom. The number of rotatable bonds is 3. The van der Waals surface area contributed by atoms with Gasteiger partial charge in [0.1, 0.15) is 10.5 Å². The zero-order chi connectivity index (χ0) is 15.0. The SMILES string of the molecule is Cc1nn(C)c(Cl)c1C1SCC(=O)N1Cc1ccncc1. The van der Waals surface area contributed by atoms with Crippen molar-refractivity contribution in [3.05, 3.63) is 46.5 Å². The van der Waals surface area contributed by atoms with E-state index >= 15 is 0 Å². The summed E-state index contributed by atoms with van der Waals surface area (Å²) in [5, 5.41) is 4.86. The molecule has 1 fully saturated rings.